The van der Waals surface area contributed by atoms with Gasteiger partial charge in [0.1, 0.15) is 11.8 Å². The van der Waals surface area contributed by atoms with E-state index in [2.05, 4.69) is 5.32 Å². The van der Waals surface area contributed by atoms with E-state index in [0.29, 0.717) is 0 Å². The van der Waals surface area contributed by atoms with Crippen LogP contribution in [0.25, 0.3) is 0 Å². The lowest BCUT2D eigenvalue weighted by molar-refractivity contribution is -0.143. The van der Waals surface area contributed by atoms with E-state index in [4.69, 9.17) is 9.84 Å². The minimum absolute atomic E-state index is 0.129. The maximum absolute atomic E-state index is 11.7. The first kappa shape index (κ1) is 17.0. The summed E-state index contributed by atoms with van der Waals surface area (Å²) in [5.74, 6) is -0.747. The van der Waals surface area contributed by atoms with Crippen LogP contribution in [-0.4, -0.2) is 29.6 Å². The lowest BCUT2D eigenvalue weighted by Gasteiger charge is -2.18. The summed E-state index contributed by atoms with van der Waals surface area (Å²) in [4.78, 5) is 22.8. The van der Waals surface area contributed by atoms with Gasteiger partial charge < -0.3 is 15.2 Å². The first-order valence-corrected chi connectivity index (χ1v) is 7.03. The van der Waals surface area contributed by atoms with Gasteiger partial charge in [-0.05, 0) is 37.0 Å². The fourth-order valence-electron chi connectivity index (χ4n) is 1.88. The summed E-state index contributed by atoms with van der Waals surface area (Å²) in [7, 11) is 0. The molecule has 1 aromatic rings. The highest BCUT2D eigenvalue weighted by molar-refractivity contribution is 5.83. The van der Waals surface area contributed by atoms with Crippen LogP contribution in [0.15, 0.2) is 18.2 Å². The van der Waals surface area contributed by atoms with E-state index in [-0.39, 0.29) is 24.9 Å². The Morgan fingerprint density at radius 3 is 2.52 bits per heavy atom. The van der Waals surface area contributed by atoms with Crippen molar-refractivity contribution in [3.8, 4) is 5.75 Å². The Morgan fingerprint density at radius 1 is 1.29 bits per heavy atom. The number of rotatable bonds is 7. The summed E-state index contributed by atoms with van der Waals surface area (Å²) < 4.78 is 5.58. The molecule has 0 unspecified atom stereocenters. The minimum Gasteiger partial charge on any atom is -0.493 e. The molecular weight excluding hydrogens is 270 g/mol. The Kier molecular flexibility index (Phi) is 6.21. The van der Waals surface area contributed by atoms with Crippen LogP contribution in [-0.2, 0) is 9.59 Å². The molecule has 0 aliphatic heterocycles. The highest BCUT2D eigenvalue weighted by Crippen LogP contribution is 2.19. The molecule has 0 bridgehead atoms. The molecule has 0 aliphatic rings. The Labute approximate surface area is 125 Å². The first-order chi connectivity index (χ1) is 9.81. The van der Waals surface area contributed by atoms with Gasteiger partial charge >= 0.3 is 5.97 Å². The van der Waals surface area contributed by atoms with Gasteiger partial charge in [0.2, 0.25) is 5.91 Å². The topological polar surface area (TPSA) is 75.6 Å². The average molecular weight is 293 g/mol. The third-order valence-electron chi connectivity index (χ3n) is 3.18. The Bertz CT molecular complexity index is 511. The van der Waals surface area contributed by atoms with Gasteiger partial charge in [-0.1, -0.05) is 26.0 Å². The molecule has 1 amide bonds. The summed E-state index contributed by atoms with van der Waals surface area (Å²) in [6.45, 7) is 7.64. The number of aryl methyl sites for hydroxylation is 2. The van der Waals surface area contributed by atoms with Gasteiger partial charge in [0, 0.05) is 0 Å². The lowest BCUT2D eigenvalue weighted by atomic mass is 10.0. The molecule has 0 saturated carbocycles. The largest absolute Gasteiger partial charge is 0.493 e. The molecule has 5 heteroatoms. The zero-order valence-corrected chi connectivity index (χ0v) is 13.0. The molecule has 0 aliphatic carbocycles. The minimum atomic E-state index is -1.02. The van der Waals surface area contributed by atoms with Gasteiger partial charge in [-0.2, -0.15) is 0 Å². The van der Waals surface area contributed by atoms with Crippen molar-refractivity contribution < 1.29 is 19.4 Å². The van der Waals surface area contributed by atoms with E-state index >= 15 is 0 Å². The number of aliphatic carboxylic acids is 1. The molecule has 21 heavy (non-hydrogen) atoms. The maximum Gasteiger partial charge on any atom is 0.326 e. The number of carboxylic acid groups (broad SMARTS) is 1. The molecule has 116 valence electrons. The van der Waals surface area contributed by atoms with Crippen LogP contribution in [0, 0.1) is 19.8 Å². The van der Waals surface area contributed by atoms with Crippen LogP contribution in [0.5, 0.6) is 5.75 Å². The second-order valence-corrected chi connectivity index (χ2v) is 5.49. The second-order valence-electron chi connectivity index (χ2n) is 5.49. The third-order valence-corrected chi connectivity index (χ3v) is 3.18. The van der Waals surface area contributed by atoms with Crippen LogP contribution in [0.4, 0.5) is 0 Å². The summed E-state index contributed by atoms with van der Waals surface area (Å²) in [5.41, 5.74) is 2.09. The number of hydrogen-bond acceptors (Lipinski definition) is 3. The van der Waals surface area contributed by atoms with Crippen molar-refractivity contribution in [3.63, 3.8) is 0 Å². The first-order valence-electron chi connectivity index (χ1n) is 7.03. The number of amides is 1. The van der Waals surface area contributed by atoms with Crippen molar-refractivity contribution in [2.24, 2.45) is 5.92 Å². The summed E-state index contributed by atoms with van der Waals surface area (Å²) >= 11 is 0. The van der Waals surface area contributed by atoms with Crippen LogP contribution >= 0.6 is 0 Å². The Balaban J connectivity index is 2.46. The van der Waals surface area contributed by atoms with Crippen molar-refractivity contribution in [2.45, 2.75) is 40.2 Å². The van der Waals surface area contributed by atoms with Crippen molar-refractivity contribution >= 4 is 11.9 Å². The van der Waals surface area contributed by atoms with Crippen LogP contribution < -0.4 is 10.1 Å². The molecule has 0 saturated heterocycles. The van der Waals surface area contributed by atoms with Gasteiger partial charge in [-0.25, -0.2) is 4.79 Å². The van der Waals surface area contributed by atoms with E-state index in [1.165, 1.54) is 0 Å². The van der Waals surface area contributed by atoms with Gasteiger partial charge in [0.05, 0.1) is 13.0 Å². The van der Waals surface area contributed by atoms with E-state index in [1.54, 1.807) is 13.8 Å². The molecule has 5 nitrogen and oxygen atoms in total. The predicted octanol–water partition coefficient (Wildman–Crippen LogP) is 2.30. The monoisotopic (exact) mass is 293 g/mol. The van der Waals surface area contributed by atoms with Gasteiger partial charge in [0.25, 0.3) is 0 Å². The average Bonchev–Trinajstić information content (AvgIpc) is 2.39. The van der Waals surface area contributed by atoms with Crippen molar-refractivity contribution in [2.75, 3.05) is 6.61 Å². The molecule has 1 rings (SSSR count). The second kappa shape index (κ2) is 7.67. The quantitative estimate of drug-likeness (QED) is 0.809. The van der Waals surface area contributed by atoms with E-state index in [0.717, 1.165) is 16.9 Å². The number of hydrogen-bond donors (Lipinski definition) is 2. The highest BCUT2D eigenvalue weighted by Gasteiger charge is 2.23. The normalized spacial score (nSPS) is 12.0. The molecule has 0 radical (unpaired) electrons. The van der Waals surface area contributed by atoms with Crippen molar-refractivity contribution in [1.82, 2.24) is 5.32 Å². The zero-order chi connectivity index (χ0) is 16.0. The molecule has 0 heterocycles. The molecule has 0 spiro atoms. The number of carboxylic acids is 1. The van der Waals surface area contributed by atoms with Gasteiger partial charge in [-0.3, -0.25) is 4.79 Å². The standard InChI is InChI=1S/C16H23NO4/c1-10(2)15(16(19)20)17-14(18)7-8-21-13-9-11(3)5-6-12(13)4/h5-6,9-10,15H,7-8H2,1-4H3,(H,17,18)(H,19,20)/t15-/m1/s1. The molecule has 1 atom stereocenters. The Morgan fingerprint density at radius 2 is 1.95 bits per heavy atom. The Hall–Kier alpha value is -2.04. The SMILES string of the molecule is Cc1ccc(C)c(OCCC(=O)N[C@@H](C(=O)O)C(C)C)c1. The number of benzene rings is 1. The van der Waals surface area contributed by atoms with Crippen LogP contribution in [0.1, 0.15) is 31.4 Å². The summed E-state index contributed by atoms with van der Waals surface area (Å²) in [6, 6.07) is 5.01. The van der Waals surface area contributed by atoms with E-state index < -0.39 is 12.0 Å². The number of ether oxygens (including phenoxy) is 1. The summed E-state index contributed by atoms with van der Waals surface area (Å²) in [6.07, 6.45) is 0.129. The van der Waals surface area contributed by atoms with Crippen molar-refractivity contribution in [1.29, 1.82) is 0 Å². The van der Waals surface area contributed by atoms with E-state index in [9.17, 15) is 9.59 Å². The molecule has 0 aromatic heterocycles. The highest BCUT2D eigenvalue weighted by atomic mass is 16.5. The predicted molar refractivity (Wildman–Crippen MR) is 80.4 cm³/mol. The number of carbonyl (C=O) groups is 2. The van der Waals surface area contributed by atoms with Gasteiger partial charge in [0.15, 0.2) is 0 Å². The summed E-state index contributed by atoms with van der Waals surface area (Å²) in [5, 5.41) is 11.5. The fraction of sp³-hybridized carbons (Fsp3) is 0.500. The van der Waals surface area contributed by atoms with Crippen LogP contribution in [0.3, 0.4) is 0 Å². The molecule has 1 aromatic carbocycles. The van der Waals surface area contributed by atoms with Gasteiger partial charge in [-0.15, -0.1) is 0 Å². The maximum atomic E-state index is 11.7. The van der Waals surface area contributed by atoms with Crippen LogP contribution in [0.2, 0.25) is 0 Å². The number of carbonyl (C=O) groups excluding carboxylic acids is 1. The van der Waals surface area contributed by atoms with E-state index in [1.807, 2.05) is 32.0 Å². The molecular formula is C16H23NO4. The smallest absolute Gasteiger partial charge is 0.326 e. The molecule has 2 N–H and O–H groups in total. The molecule has 0 fully saturated rings. The fourth-order valence-corrected chi connectivity index (χ4v) is 1.88. The zero-order valence-electron chi connectivity index (χ0n) is 13.0. The third kappa shape index (κ3) is 5.45. The number of nitrogens with one attached hydrogen (secondary N) is 1. The van der Waals surface area contributed by atoms with Crippen molar-refractivity contribution in [3.05, 3.63) is 29.3 Å². The lowest BCUT2D eigenvalue weighted by Crippen LogP contribution is -2.44.